The molecule has 0 radical (unpaired) electrons. The molecule has 138 valence electrons. The highest BCUT2D eigenvalue weighted by Crippen LogP contribution is 2.38. The third-order valence-electron chi connectivity index (χ3n) is 3.98. The minimum Gasteiger partial charge on any atom is -0.486 e. The van der Waals surface area contributed by atoms with Crippen LogP contribution in [0.4, 0.5) is 5.69 Å². The number of halogens is 1. The minimum atomic E-state index is -0.247. The molecule has 5 nitrogen and oxygen atoms in total. The van der Waals surface area contributed by atoms with E-state index in [0.717, 1.165) is 10.0 Å². The molecule has 0 aromatic heterocycles. The van der Waals surface area contributed by atoms with E-state index in [0.29, 0.717) is 36.1 Å². The first-order valence-electron chi connectivity index (χ1n) is 8.45. The van der Waals surface area contributed by atoms with Gasteiger partial charge in [-0.3, -0.25) is 4.79 Å². The molecule has 0 saturated carbocycles. The summed E-state index contributed by atoms with van der Waals surface area (Å²) in [6.45, 7) is 7.35. The molecule has 3 rings (SSSR count). The van der Waals surface area contributed by atoms with Crippen LogP contribution in [0.2, 0.25) is 0 Å². The minimum absolute atomic E-state index is 0.0255. The van der Waals surface area contributed by atoms with Gasteiger partial charge in [0.1, 0.15) is 19.0 Å². The highest BCUT2D eigenvalue weighted by atomic mass is 79.9. The summed E-state index contributed by atoms with van der Waals surface area (Å²) in [5.74, 6) is 1.71. The molecule has 1 aliphatic heterocycles. The molecule has 2 aromatic rings. The van der Waals surface area contributed by atoms with E-state index in [9.17, 15) is 4.79 Å². The fraction of sp³-hybridized carbons (Fsp3) is 0.350. The van der Waals surface area contributed by atoms with Crippen molar-refractivity contribution in [3.63, 3.8) is 0 Å². The summed E-state index contributed by atoms with van der Waals surface area (Å²) in [4.78, 5) is 12.3. The average molecular weight is 420 g/mol. The number of carbonyl (C=O) groups is 1. The van der Waals surface area contributed by atoms with Crippen LogP contribution < -0.4 is 19.5 Å². The second-order valence-corrected chi connectivity index (χ2v) is 7.94. The van der Waals surface area contributed by atoms with E-state index in [2.05, 4.69) is 48.1 Å². The molecule has 0 aliphatic carbocycles. The van der Waals surface area contributed by atoms with Crippen LogP contribution in [0.5, 0.6) is 17.2 Å². The average Bonchev–Trinajstić information content (AvgIpc) is 2.60. The van der Waals surface area contributed by atoms with Gasteiger partial charge in [-0.05, 0) is 39.0 Å². The highest BCUT2D eigenvalue weighted by Gasteiger charge is 2.17. The van der Waals surface area contributed by atoms with Gasteiger partial charge in [0, 0.05) is 16.6 Å². The van der Waals surface area contributed by atoms with Crippen LogP contribution in [-0.2, 0) is 10.2 Å². The van der Waals surface area contributed by atoms with Gasteiger partial charge in [-0.15, -0.1) is 0 Å². The van der Waals surface area contributed by atoms with E-state index in [-0.39, 0.29) is 17.9 Å². The topological polar surface area (TPSA) is 56.8 Å². The third kappa shape index (κ3) is 4.49. The van der Waals surface area contributed by atoms with Crippen molar-refractivity contribution in [3.05, 3.63) is 46.4 Å². The number of hydrogen-bond donors (Lipinski definition) is 1. The summed E-state index contributed by atoms with van der Waals surface area (Å²) in [5.41, 5.74) is 1.80. The Morgan fingerprint density at radius 2 is 1.85 bits per heavy atom. The van der Waals surface area contributed by atoms with Crippen LogP contribution in [0.3, 0.4) is 0 Å². The number of amides is 1. The van der Waals surface area contributed by atoms with E-state index in [1.54, 1.807) is 12.1 Å². The Balaban J connectivity index is 1.63. The fourth-order valence-electron chi connectivity index (χ4n) is 2.55. The van der Waals surface area contributed by atoms with E-state index in [4.69, 9.17) is 14.2 Å². The van der Waals surface area contributed by atoms with Crippen LogP contribution in [-0.4, -0.2) is 25.7 Å². The van der Waals surface area contributed by atoms with Crippen LogP contribution in [0, 0.1) is 0 Å². The number of benzene rings is 2. The molecular weight excluding hydrogens is 398 g/mol. The van der Waals surface area contributed by atoms with Gasteiger partial charge in [0.2, 0.25) is 0 Å². The fourth-order valence-corrected chi connectivity index (χ4v) is 2.97. The largest absolute Gasteiger partial charge is 0.486 e. The van der Waals surface area contributed by atoms with E-state index in [1.807, 2.05) is 18.2 Å². The lowest BCUT2D eigenvalue weighted by atomic mass is 9.87. The Bertz CT molecular complexity index is 814. The van der Waals surface area contributed by atoms with Crippen LogP contribution >= 0.6 is 15.9 Å². The molecule has 6 heteroatoms. The quantitative estimate of drug-likeness (QED) is 0.790. The van der Waals surface area contributed by atoms with Crippen molar-refractivity contribution >= 4 is 27.5 Å². The highest BCUT2D eigenvalue weighted by molar-refractivity contribution is 9.10. The molecule has 2 aromatic carbocycles. The lowest BCUT2D eigenvalue weighted by Crippen LogP contribution is -2.21. The summed E-state index contributed by atoms with van der Waals surface area (Å²) < 4.78 is 17.4. The Morgan fingerprint density at radius 3 is 2.54 bits per heavy atom. The van der Waals surface area contributed by atoms with Gasteiger partial charge in [-0.1, -0.05) is 32.9 Å². The maximum Gasteiger partial charge on any atom is 0.262 e. The van der Waals surface area contributed by atoms with Crippen molar-refractivity contribution in [2.75, 3.05) is 25.1 Å². The maximum atomic E-state index is 12.3. The molecule has 0 atom stereocenters. The molecule has 1 heterocycles. The molecule has 0 saturated heterocycles. The first kappa shape index (κ1) is 18.6. The van der Waals surface area contributed by atoms with Gasteiger partial charge < -0.3 is 19.5 Å². The lowest BCUT2D eigenvalue weighted by molar-refractivity contribution is -0.118. The predicted octanol–water partition coefficient (Wildman–Crippen LogP) is 4.54. The zero-order valence-electron chi connectivity index (χ0n) is 15.1. The van der Waals surface area contributed by atoms with E-state index >= 15 is 0 Å². The zero-order valence-corrected chi connectivity index (χ0v) is 16.7. The zero-order chi connectivity index (χ0) is 18.7. The Labute approximate surface area is 161 Å². The van der Waals surface area contributed by atoms with Gasteiger partial charge >= 0.3 is 0 Å². The monoisotopic (exact) mass is 419 g/mol. The Morgan fingerprint density at radius 1 is 1.15 bits per heavy atom. The van der Waals surface area contributed by atoms with Gasteiger partial charge in [0.05, 0.1) is 5.69 Å². The number of rotatable bonds is 4. The molecule has 1 amide bonds. The maximum absolute atomic E-state index is 12.3. The number of carbonyl (C=O) groups excluding carboxylic acids is 1. The number of nitrogens with one attached hydrogen (secondary N) is 1. The summed E-state index contributed by atoms with van der Waals surface area (Å²) in [5, 5.41) is 2.83. The van der Waals surface area contributed by atoms with Crippen molar-refractivity contribution < 1.29 is 19.0 Å². The van der Waals surface area contributed by atoms with Crippen molar-refractivity contribution in [2.24, 2.45) is 0 Å². The van der Waals surface area contributed by atoms with Crippen LogP contribution in [0.1, 0.15) is 26.3 Å². The standard InChI is InChI=1S/C20H22BrNO4/c1-20(2,3)13-5-4-6-14(9-13)26-12-19(23)22-16-11-18-17(10-15(16)21)24-7-8-25-18/h4-6,9-11H,7-8,12H2,1-3H3,(H,22,23). The second-order valence-electron chi connectivity index (χ2n) is 7.09. The van der Waals surface area contributed by atoms with Crippen molar-refractivity contribution in [2.45, 2.75) is 26.2 Å². The van der Waals surface area contributed by atoms with Gasteiger partial charge in [0.25, 0.3) is 5.91 Å². The van der Waals surface area contributed by atoms with Crippen molar-refractivity contribution in [1.82, 2.24) is 0 Å². The Hall–Kier alpha value is -2.21. The first-order valence-corrected chi connectivity index (χ1v) is 9.24. The summed E-state index contributed by atoms with van der Waals surface area (Å²) in [7, 11) is 0. The Kier molecular flexibility index (Phi) is 5.41. The van der Waals surface area contributed by atoms with Gasteiger partial charge in [-0.2, -0.15) is 0 Å². The number of hydrogen-bond acceptors (Lipinski definition) is 4. The molecule has 1 N–H and O–H groups in total. The smallest absolute Gasteiger partial charge is 0.262 e. The first-order chi connectivity index (χ1) is 12.3. The summed E-state index contributed by atoms with van der Waals surface area (Å²) >= 11 is 3.44. The molecule has 0 spiro atoms. The predicted molar refractivity (Wildman–Crippen MR) is 104 cm³/mol. The van der Waals surface area contributed by atoms with Crippen LogP contribution in [0.25, 0.3) is 0 Å². The van der Waals surface area contributed by atoms with Gasteiger partial charge in [-0.25, -0.2) is 0 Å². The molecule has 0 fully saturated rings. The summed E-state index contributed by atoms with van der Waals surface area (Å²) in [6.07, 6.45) is 0. The van der Waals surface area contributed by atoms with Gasteiger partial charge in [0.15, 0.2) is 18.1 Å². The van der Waals surface area contributed by atoms with E-state index < -0.39 is 0 Å². The van der Waals surface area contributed by atoms with Crippen molar-refractivity contribution in [3.8, 4) is 17.2 Å². The number of fused-ring (bicyclic) bond motifs is 1. The van der Waals surface area contributed by atoms with Crippen LogP contribution in [0.15, 0.2) is 40.9 Å². The second kappa shape index (κ2) is 7.58. The lowest BCUT2D eigenvalue weighted by Gasteiger charge is -2.20. The summed E-state index contributed by atoms with van der Waals surface area (Å²) in [6, 6.07) is 11.3. The van der Waals surface area contributed by atoms with E-state index in [1.165, 1.54) is 0 Å². The molecule has 0 bridgehead atoms. The normalized spacial score (nSPS) is 13.2. The molecule has 1 aliphatic rings. The van der Waals surface area contributed by atoms with Crippen molar-refractivity contribution in [1.29, 1.82) is 0 Å². The molecular formula is C20H22BrNO4. The molecule has 26 heavy (non-hydrogen) atoms. The number of anilines is 1. The SMILES string of the molecule is CC(C)(C)c1cccc(OCC(=O)Nc2cc3c(cc2Br)OCCO3)c1. The number of ether oxygens (including phenoxy) is 3. The third-order valence-corrected chi connectivity index (χ3v) is 4.63. The molecule has 0 unspecified atom stereocenters.